The summed E-state index contributed by atoms with van der Waals surface area (Å²) in [5, 5.41) is 13.4. The molecule has 0 fully saturated rings. The molecule has 1 unspecified atom stereocenters. The summed E-state index contributed by atoms with van der Waals surface area (Å²) >= 11 is 0. The van der Waals surface area contributed by atoms with Gasteiger partial charge in [-0.2, -0.15) is 0 Å². The third-order valence-electron chi connectivity index (χ3n) is 2.60. The van der Waals surface area contributed by atoms with E-state index in [0.29, 0.717) is 18.5 Å². The molecule has 1 aromatic carbocycles. The molecule has 0 aromatic heterocycles. The summed E-state index contributed by atoms with van der Waals surface area (Å²) in [5.41, 5.74) is 5.94. The maximum Gasteiger partial charge on any atom is 0.274 e. The number of nitrogens with two attached hydrogens (primary N) is 1. The first kappa shape index (κ1) is 14.1. The highest BCUT2D eigenvalue weighted by molar-refractivity contribution is 5.76. The molecule has 0 aliphatic carbocycles. The average molecular weight is 251 g/mol. The molecule has 0 radical (unpaired) electrons. The number of nitrogens with one attached hydrogen (secondary N) is 1. The van der Waals surface area contributed by atoms with Crippen molar-refractivity contribution in [1.29, 1.82) is 0 Å². The molecule has 18 heavy (non-hydrogen) atoms. The number of rotatable bonds is 6. The van der Waals surface area contributed by atoms with Gasteiger partial charge in [-0.15, -0.1) is 0 Å². The molecule has 1 aromatic rings. The zero-order valence-corrected chi connectivity index (χ0v) is 10.3. The van der Waals surface area contributed by atoms with E-state index in [2.05, 4.69) is 5.32 Å². The number of hydrogen-bond donors (Lipinski definition) is 2. The van der Waals surface area contributed by atoms with Crippen LogP contribution in [0.2, 0.25) is 0 Å². The van der Waals surface area contributed by atoms with Crippen LogP contribution in [-0.2, 0) is 11.3 Å². The second kappa shape index (κ2) is 6.70. The second-order valence-corrected chi connectivity index (χ2v) is 4.21. The summed E-state index contributed by atoms with van der Waals surface area (Å²) in [6.45, 7) is 2.48. The summed E-state index contributed by atoms with van der Waals surface area (Å²) in [5.74, 6) is -0.0399. The Morgan fingerprint density at radius 3 is 2.78 bits per heavy atom. The van der Waals surface area contributed by atoms with Crippen LogP contribution in [0.4, 0.5) is 5.69 Å². The molecule has 0 saturated carbocycles. The Morgan fingerprint density at radius 1 is 1.50 bits per heavy atom. The van der Waals surface area contributed by atoms with Gasteiger partial charge in [-0.05, 0) is 12.5 Å². The SMILES string of the molecule is CC(CN)CC(=O)NCc1ccccc1[N+](=O)[O-]. The van der Waals surface area contributed by atoms with Crippen LogP contribution in [0.5, 0.6) is 0 Å². The Balaban J connectivity index is 2.58. The van der Waals surface area contributed by atoms with Gasteiger partial charge in [0, 0.05) is 24.6 Å². The van der Waals surface area contributed by atoms with Crippen molar-refractivity contribution in [2.45, 2.75) is 19.9 Å². The number of nitro benzene ring substituents is 1. The first-order chi connectivity index (χ1) is 8.54. The lowest BCUT2D eigenvalue weighted by molar-refractivity contribution is -0.385. The largest absolute Gasteiger partial charge is 0.352 e. The van der Waals surface area contributed by atoms with Crippen LogP contribution in [0, 0.1) is 16.0 Å². The lowest BCUT2D eigenvalue weighted by Gasteiger charge is -2.09. The van der Waals surface area contributed by atoms with Crippen molar-refractivity contribution in [3.63, 3.8) is 0 Å². The fourth-order valence-corrected chi connectivity index (χ4v) is 1.50. The van der Waals surface area contributed by atoms with Gasteiger partial charge in [0.05, 0.1) is 4.92 Å². The highest BCUT2D eigenvalue weighted by Crippen LogP contribution is 2.17. The van der Waals surface area contributed by atoms with Gasteiger partial charge in [0.15, 0.2) is 0 Å². The number of carbonyl (C=O) groups is 1. The third kappa shape index (κ3) is 4.14. The molecule has 0 bridgehead atoms. The fourth-order valence-electron chi connectivity index (χ4n) is 1.50. The molecule has 98 valence electrons. The number of hydrogen-bond acceptors (Lipinski definition) is 4. The lowest BCUT2D eigenvalue weighted by atomic mass is 10.1. The van der Waals surface area contributed by atoms with Gasteiger partial charge in [-0.25, -0.2) is 0 Å². The number of carbonyl (C=O) groups excluding carboxylic acids is 1. The van der Waals surface area contributed by atoms with E-state index in [4.69, 9.17) is 5.73 Å². The first-order valence-electron chi connectivity index (χ1n) is 5.73. The monoisotopic (exact) mass is 251 g/mol. The van der Waals surface area contributed by atoms with Crippen LogP contribution in [0.15, 0.2) is 24.3 Å². The lowest BCUT2D eigenvalue weighted by Crippen LogP contribution is -2.26. The van der Waals surface area contributed by atoms with Crippen molar-refractivity contribution >= 4 is 11.6 Å². The highest BCUT2D eigenvalue weighted by Gasteiger charge is 2.13. The van der Waals surface area contributed by atoms with E-state index in [1.54, 1.807) is 18.2 Å². The van der Waals surface area contributed by atoms with Crippen molar-refractivity contribution in [1.82, 2.24) is 5.32 Å². The molecule has 0 aliphatic rings. The molecule has 1 atom stereocenters. The minimum absolute atomic E-state index is 0.0182. The summed E-state index contributed by atoms with van der Waals surface area (Å²) < 4.78 is 0. The minimum atomic E-state index is -0.454. The van der Waals surface area contributed by atoms with E-state index >= 15 is 0 Å². The Hall–Kier alpha value is -1.95. The molecule has 3 N–H and O–H groups in total. The van der Waals surface area contributed by atoms with Gasteiger partial charge in [-0.1, -0.05) is 25.1 Å². The fraction of sp³-hybridized carbons (Fsp3) is 0.417. The zero-order valence-electron chi connectivity index (χ0n) is 10.3. The Morgan fingerprint density at radius 2 is 2.17 bits per heavy atom. The standard InChI is InChI=1S/C12H17N3O3/c1-9(7-13)6-12(16)14-8-10-4-2-3-5-11(10)15(17)18/h2-5,9H,6-8,13H2,1H3,(H,14,16). The second-order valence-electron chi connectivity index (χ2n) is 4.21. The number of amides is 1. The predicted octanol–water partition coefficient (Wildman–Crippen LogP) is 1.20. The van der Waals surface area contributed by atoms with Crippen molar-refractivity contribution in [2.75, 3.05) is 6.54 Å². The number of benzene rings is 1. The minimum Gasteiger partial charge on any atom is -0.352 e. The van der Waals surface area contributed by atoms with Crippen molar-refractivity contribution in [3.8, 4) is 0 Å². The van der Waals surface area contributed by atoms with Gasteiger partial charge >= 0.3 is 0 Å². The van der Waals surface area contributed by atoms with E-state index in [1.807, 2.05) is 6.92 Å². The van der Waals surface area contributed by atoms with Crippen molar-refractivity contribution in [2.24, 2.45) is 11.7 Å². The number of nitrogens with zero attached hydrogens (tertiary/aromatic N) is 1. The van der Waals surface area contributed by atoms with Gasteiger partial charge < -0.3 is 11.1 Å². The van der Waals surface area contributed by atoms with E-state index in [1.165, 1.54) is 6.07 Å². The van der Waals surface area contributed by atoms with Crippen molar-refractivity contribution < 1.29 is 9.72 Å². The third-order valence-corrected chi connectivity index (χ3v) is 2.60. The molecule has 1 amide bonds. The molecule has 6 heteroatoms. The van der Waals surface area contributed by atoms with E-state index < -0.39 is 4.92 Å². The average Bonchev–Trinajstić information content (AvgIpc) is 2.36. The van der Waals surface area contributed by atoms with Gasteiger partial charge in [0.1, 0.15) is 0 Å². The number of para-hydroxylation sites is 1. The van der Waals surface area contributed by atoms with Gasteiger partial charge in [0.25, 0.3) is 5.69 Å². The van der Waals surface area contributed by atoms with Crippen molar-refractivity contribution in [3.05, 3.63) is 39.9 Å². The number of nitro groups is 1. The van der Waals surface area contributed by atoms with Crippen LogP contribution in [0.3, 0.4) is 0 Å². The summed E-state index contributed by atoms with van der Waals surface area (Å²) in [6, 6.07) is 6.35. The normalized spacial score (nSPS) is 11.9. The summed E-state index contributed by atoms with van der Waals surface area (Å²) in [7, 11) is 0. The van der Waals surface area contributed by atoms with Crippen LogP contribution < -0.4 is 11.1 Å². The van der Waals surface area contributed by atoms with E-state index in [0.717, 1.165) is 0 Å². The summed E-state index contributed by atoms with van der Waals surface area (Å²) in [6.07, 6.45) is 0.330. The first-order valence-corrected chi connectivity index (χ1v) is 5.73. The zero-order chi connectivity index (χ0) is 13.5. The van der Waals surface area contributed by atoms with Crippen LogP contribution in [0.1, 0.15) is 18.9 Å². The summed E-state index contributed by atoms with van der Waals surface area (Å²) in [4.78, 5) is 21.8. The molecular formula is C12H17N3O3. The molecule has 0 heterocycles. The Kier molecular flexibility index (Phi) is 5.26. The smallest absolute Gasteiger partial charge is 0.274 e. The quantitative estimate of drug-likeness (QED) is 0.586. The molecule has 0 spiro atoms. The Labute approximate surface area is 105 Å². The molecule has 0 aliphatic heterocycles. The Bertz CT molecular complexity index is 434. The molecule has 0 saturated heterocycles. The highest BCUT2D eigenvalue weighted by atomic mass is 16.6. The van der Waals surface area contributed by atoms with Crippen LogP contribution in [-0.4, -0.2) is 17.4 Å². The van der Waals surface area contributed by atoms with E-state index in [9.17, 15) is 14.9 Å². The molecule has 1 rings (SSSR count). The van der Waals surface area contributed by atoms with Crippen LogP contribution >= 0.6 is 0 Å². The maximum atomic E-state index is 11.5. The van der Waals surface area contributed by atoms with Crippen LogP contribution in [0.25, 0.3) is 0 Å². The molecule has 6 nitrogen and oxygen atoms in total. The maximum absolute atomic E-state index is 11.5. The van der Waals surface area contributed by atoms with Gasteiger partial charge in [0.2, 0.25) is 5.91 Å². The van der Waals surface area contributed by atoms with Gasteiger partial charge in [-0.3, -0.25) is 14.9 Å². The predicted molar refractivity (Wildman–Crippen MR) is 67.8 cm³/mol. The topological polar surface area (TPSA) is 98.3 Å². The molecular weight excluding hydrogens is 234 g/mol. The van der Waals surface area contributed by atoms with E-state index in [-0.39, 0.29) is 24.1 Å².